The third kappa shape index (κ3) is 3.13. The van der Waals surface area contributed by atoms with Gasteiger partial charge in [0, 0.05) is 0 Å². The van der Waals surface area contributed by atoms with Crippen LogP contribution in [0.3, 0.4) is 0 Å². The Morgan fingerprint density at radius 3 is 2.67 bits per heavy atom. The molecule has 1 aromatic rings. The van der Waals surface area contributed by atoms with Crippen LogP contribution < -0.4 is 0 Å². The van der Waals surface area contributed by atoms with Crippen molar-refractivity contribution in [1.82, 2.24) is 0 Å². The summed E-state index contributed by atoms with van der Waals surface area (Å²) in [5, 5.41) is 0. The first-order valence-electron chi connectivity index (χ1n) is 3.66. The largest absolute Gasteiger partial charge is 2.00 e. The molecule has 0 fully saturated rings. The molecule has 2 heteroatoms. The zero-order valence-electron chi connectivity index (χ0n) is 7.33. The maximum absolute atomic E-state index is 5.11. The standard InChI is InChI=1S/C10H11N.U/c1-8(2)9-5-4-6-10(7-9)11-3;/h3-5,7-8H,1-2H3;/q-2;+2. The third-order valence-corrected chi connectivity index (χ3v) is 1.62. The number of hydrogen-bond acceptors (Lipinski definition) is 1. The summed E-state index contributed by atoms with van der Waals surface area (Å²) in [5.74, 6) is 0.519. The number of hydrogen-bond donors (Lipinski definition) is 0. The maximum atomic E-state index is 5.11. The Balaban J connectivity index is 0.00000121. The van der Waals surface area contributed by atoms with Gasteiger partial charge < -0.3 is 4.99 Å². The molecule has 0 saturated carbocycles. The van der Waals surface area contributed by atoms with Gasteiger partial charge in [-0.25, -0.2) is 11.8 Å². The molecule has 12 heavy (non-hydrogen) atoms. The van der Waals surface area contributed by atoms with Crippen molar-refractivity contribution < 1.29 is 31.1 Å². The van der Waals surface area contributed by atoms with Gasteiger partial charge in [0.25, 0.3) is 0 Å². The summed E-state index contributed by atoms with van der Waals surface area (Å²) in [6.07, 6.45) is 0. The Bertz CT molecular complexity index is 256. The molecule has 0 spiro atoms. The SMILES string of the molecule is [CH-]=Nc1[c-]ccc(C(C)C)c1.[U+2]. The summed E-state index contributed by atoms with van der Waals surface area (Å²) < 4.78 is 0. The van der Waals surface area contributed by atoms with E-state index >= 15 is 0 Å². The van der Waals surface area contributed by atoms with Crippen LogP contribution in [0.4, 0.5) is 5.69 Å². The zero-order chi connectivity index (χ0) is 8.27. The first-order chi connectivity index (χ1) is 5.24. The first kappa shape index (κ1) is 11.9. The predicted octanol–water partition coefficient (Wildman–Crippen LogP) is 2.82. The molecule has 0 unspecified atom stereocenters. The molecule has 0 N–H and O–H groups in total. The Morgan fingerprint density at radius 2 is 2.17 bits per heavy atom. The molecule has 0 aliphatic rings. The molecule has 1 nitrogen and oxygen atoms in total. The van der Waals surface area contributed by atoms with Crippen molar-refractivity contribution in [3.8, 4) is 0 Å². The summed E-state index contributed by atoms with van der Waals surface area (Å²) in [6.45, 7) is 9.38. The molecule has 0 heterocycles. The number of rotatable bonds is 2. The average molecular weight is 383 g/mol. The first-order valence-corrected chi connectivity index (χ1v) is 3.66. The minimum absolute atomic E-state index is 0. The van der Waals surface area contributed by atoms with E-state index in [1.807, 2.05) is 18.2 Å². The van der Waals surface area contributed by atoms with Crippen LogP contribution in [-0.2, 0) is 0 Å². The van der Waals surface area contributed by atoms with E-state index < -0.39 is 0 Å². The Labute approximate surface area is 97.7 Å². The molecule has 0 aromatic heterocycles. The fourth-order valence-corrected chi connectivity index (χ4v) is 0.905. The second-order valence-corrected chi connectivity index (χ2v) is 2.79. The predicted molar refractivity (Wildman–Crippen MR) is 47.5 cm³/mol. The summed E-state index contributed by atoms with van der Waals surface area (Å²) in [4.78, 5) is 3.56. The number of aliphatic imine (C=N–C) groups is 1. The van der Waals surface area contributed by atoms with Crippen LogP contribution in [0.15, 0.2) is 23.2 Å². The van der Waals surface area contributed by atoms with E-state index in [1.165, 1.54) is 5.56 Å². The van der Waals surface area contributed by atoms with Gasteiger partial charge in [-0.15, -0.1) is 0 Å². The fourth-order valence-electron chi connectivity index (χ4n) is 0.905. The van der Waals surface area contributed by atoms with Crippen LogP contribution in [0.5, 0.6) is 0 Å². The minimum Gasteiger partial charge on any atom is -0.485 e. The van der Waals surface area contributed by atoms with Crippen molar-refractivity contribution in [2.45, 2.75) is 19.8 Å². The molecular weight excluding hydrogens is 372 g/mol. The van der Waals surface area contributed by atoms with Crippen molar-refractivity contribution in [1.29, 1.82) is 0 Å². The topological polar surface area (TPSA) is 12.4 Å². The van der Waals surface area contributed by atoms with E-state index in [0.717, 1.165) is 5.69 Å². The monoisotopic (exact) mass is 383 g/mol. The van der Waals surface area contributed by atoms with Gasteiger partial charge >= 0.3 is 31.1 Å². The fraction of sp³-hybridized carbons (Fsp3) is 0.300. The van der Waals surface area contributed by atoms with E-state index in [9.17, 15) is 0 Å². The molecule has 60 valence electrons. The molecule has 0 amide bonds. The second-order valence-electron chi connectivity index (χ2n) is 2.79. The van der Waals surface area contributed by atoms with Gasteiger partial charge in [0.05, 0.1) is 0 Å². The van der Waals surface area contributed by atoms with Crippen LogP contribution in [0.25, 0.3) is 0 Å². The van der Waals surface area contributed by atoms with Gasteiger partial charge in [0.2, 0.25) is 0 Å². The molecule has 0 aliphatic carbocycles. The quantitative estimate of drug-likeness (QED) is 0.550. The van der Waals surface area contributed by atoms with Gasteiger partial charge in [0.15, 0.2) is 0 Å². The van der Waals surface area contributed by atoms with Gasteiger partial charge in [0.1, 0.15) is 0 Å². The normalized spacial score (nSPS) is 9.25. The van der Waals surface area contributed by atoms with Gasteiger partial charge in [-0.3, -0.25) is 6.07 Å². The van der Waals surface area contributed by atoms with Crippen molar-refractivity contribution >= 4 is 12.4 Å². The zero-order valence-corrected chi connectivity index (χ0v) is 11.5. The minimum atomic E-state index is 0. The van der Waals surface area contributed by atoms with E-state index in [4.69, 9.17) is 6.72 Å². The number of nitrogens with zero attached hydrogens (tertiary/aromatic N) is 1. The summed E-state index contributed by atoms with van der Waals surface area (Å²) in [5.41, 5.74) is 1.96. The van der Waals surface area contributed by atoms with Crippen LogP contribution in [-0.4, -0.2) is 6.72 Å². The van der Waals surface area contributed by atoms with Gasteiger partial charge in [-0.1, -0.05) is 13.8 Å². The van der Waals surface area contributed by atoms with E-state index in [1.54, 1.807) is 0 Å². The smallest absolute Gasteiger partial charge is 0.485 e. The van der Waals surface area contributed by atoms with Crippen LogP contribution in [0.2, 0.25) is 0 Å². The number of benzene rings is 1. The average Bonchev–Trinajstić information content (AvgIpc) is 2.05. The van der Waals surface area contributed by atoms with Gasteiger partial charge in [-0.05, 0) is 5.92 Å². The Hall–Kier alpha value is -0.0581. The van der Waals surface area contributed by atoms with Crippen LogP contribution in [0.1, 0.15) is 25.3 Å². The third-order valence-electron chi connectivity index (χ3n) is 1.62. The second kappa shape index (κ2) is 5.56. The van der Waals surface area contributed by atoms with Crippen LogP contribution in [0, 0.1) is 37.2 Å². The molecule has 0 radical (unpaired) electrons. The summed E-state index contributed by atoms with van der Waals surface area (Å²) >= 11 is 0. The Morgan fingerprint density at radius 1 is 1.50 bits per heavy atom. The van der Waals surface area contributed by atoms with Crippen molar-refractivity contribution in [3.63, 3.8) is 0 Å². The van der Waals surface area contributed by atoms with E-state index in [0.29, 0.717) is 5.92 Å². The van der Waals surface area contributed by atoms with Crippen molar-refractivity contribution in [2.75, 3.05) is 0 Å². The molecule has 1 rings (SSSR count). The maximum Gasteiger partial charge on any atom is 2.00 e. The molecule has 0 aliphatic heterocycles. The van der Waals surface area contributed by atoms with E-state index in [2.05, 4.69) is 24.9 Å². The molecule has 0 saturated heterocycles. The molecule has 1 aromatic carbocycles. The van der Waals surface area contributed by atoms with Crippen LogP contribution >= 0.6 is 0 Å². The summed E-state index contributed by atoms with van der Waals surface area (Å²) in [6, 6.07) is 8.75. The van der Waals surface area contributed by atoms with Gasteiger partial charge in [-0.2, -0.15) is 24.4 Å². The molecule has 0 atom stereocenters. The Kier molecular flexibility index (Phi) is 5.54. The molecular formula is C10H11NU. The van der Waals surface area contributed by atoms with Crippen molar-refractivity contribution in [2.24, 2.45) is 4.99 Å². The molecule has 0 bridgehead atoms. The summed E-state index contributed by atoms with van der Waals surface area (Å²) in [7, 11) is 0. The van der Waals surface area contributed by atoms with Crippen molar-refractivity contribution in [3.05, 3.63) is 29.8 Å². The van der Waals surface area contributed by atoms with E-state index in [-0.39, 0.29) is 31.1 Å².